The Hall–Kier alpha value is -3.33. The first-order valence-corrected chi connectivity index (χ1v) is 11.8. The molecule has 2 aliphatic rings. The summed E-state index contributed by atoms with van der Waals surface area (Å²) in [7, 11) is 3.71. The Balaban J connectivity index is 1.49. The minimum absolute atomic E-state index is 0.0514. The lowest BCUT2D eigenvalue weighted by Crippen LogP contribution is -2.36. The number of aliphatic hydroxyl groups is 1. The van der Waals surface area contributed by atoms with Crippen LogP contribution in [0.5, 0.6) is 5.75 Å². The Morgan fingerprint density at radius 1 is 1.09 bits per heavy atom. The first kappa shape index (κ1) is 23.4. The van der Waals surface area contributed by atoms with Crippen molar-refractivity contribution in [3.63, 3.8) is 0 Å². The Morgan fingerprint density at radius 3 is 2.51 bits per heavy atom. The summed E-state index contributed by atoms with van der Waals surface area (Å²) < 4.78 is 14.8. The number of hydrogen-bond donors (Lipinski definition) is 3. The molecule has 2 atom stereocenters. The van der Waals surface area contributed by atoms with Crippen LogP contribution in [0.15, 0.2) is 61.2 Å². The summed E-state index contributed by atoms with van der Waals surface area (Å²) in [5.41, 5.74) is 3.40. The molecular formula is C26H27ClFN5O2. The van der Waals surface area contributed by atoms with E-state index in [0.29, 0.717) is 39.0 Å². The number of aromatic nitrogens is 1. The third kappa shape index (κ3) is 4.40. The molecule has 1 saturated heterocycles. The number of phenols is 1. The van der Waals surface area contributed by atoms with Crippen molar-refractivity contribution in [2.75, 3.05) is 37.0 Å². The fraction of sp³-hybridized carbons (Fsp3) is 0.269. The second-order valence-corrected chi connectivity index (χ2v) is 9.29. The van der Waals surface area contributed by atoms with Gasteiger partial charge in [-0.25, -0.2) is 4.39 Å². The number of hydrogen-bond acceptors (Lipinski definition) is 7. The van der Waals surface area contributed by atoms with Crippen LogP contribution in [0.3, 0.4) is 0 Å². The summed E-state index contributed by atoms with van der Waals surface area (Å²) in [6, 6.07) is 10.1. The van der Waals surface area contributed by atoms with E-state index in [1.54, 1.807) is 59.8 Å². The molecule has 0 spiro atoms. The number of anilines is 2. The molecule has 2 aromatic carbocycles. The number of nitrogens with one attached hydrogen (secondary N) is 1. The predicted octanol–water partition coefficient (Wildman–Crippen LogP) is 4.21. The number of halogens is 2. The molecule has 1 fully saturated rings. The minimum atomic E-state index is -0.869. The van der Waals surface area contributed by atoms with Crippen LogP contribution in [0.4, 0.5) is 15.8 Å². The van der Waals surface area contributed by atoms with Gasteiger partial charge in [0.05, 0.1) is 22.6 Å². The normalized spacial score (nSPS) is 19.7. The maximum Gasteiger partial charge on any atom is 0.211 e. The van der Waals surface area contributed by atoms with E-state index in [1.807, 2.05) is 13.1 Å². The van der Waals surface area contributed by atoms with E-state index < -0.39 is 12.2 Å². The van der Waals surface area contributed by atoms with Crippen LogP contribution in [-0.2, 0) is 0 Å². The van der Waals surface area contributed by atoms with E-state index in [4.69, 9.17) is 11.6 Å². The van der Waals surface area contributed by atoms with Crippen molar-refractivity contribution in [3.8, 4) is 28.0 Å². The number of phenolic OH excluding ortho intramolecular Hbond substituents is 1. The van der Waals surface area contributed by atoms with Crippen molar-refractivity contribution in [1.29, 1.82) is 0 Å². The summed E-state index contributed by atoms with van der Waals surface area (Å²) in [4.78, 5) is 9.84. The third-order valence-electron chi connectivity index (χ3n) is 6.68. The number of nitrogens with zero attached hydrogens (tertiary/aromatic N) is 4. The second-order valence-electron chi connectivity index (χ2n) is 8.89. The molecular weight excluding hydrogens is 469 g/mol. The van der Waals surface area contributed by atoms with Crippen molar-refractivity contribution in [2.45, 2.75) is 18.8 Å². The van der Waals surface area contributed by atoms with Crippen LogP contribution in [0.1, 0.15) is 6.42 Å². The molecule has 3 N–H and O–H groups in total. The van der Waals surface area contributed by atoms with Crippen molar-refractivity contribution in [1.82, 2.24) is 15.2 Å². The van der Waals surface area contributed by atoms with E-state index in [1.165, 1.54) is 12.1 Å². The van der Waals surface area contributed by atoms with Gasteiger partial charge in [0.1, 0.15) is 11.6 Å². The number of aliphatic hydroxyl groups excluding tert-OH is 1. The lowest BCUT2D eigenvalue weighted by Gasteiger charge is -2.26. The summed E-state index contributed by atoms with van der Waals surface area (Å²) >= 11 is 6.54. The zero-order valence-electron chi connectivity index (χ0n) is 19.5. The van der Waals surface area contributed by atoms with E-state index in [-0.39, 0.29) is 5.75 Å². The van der Waals surface area contributed by atoms with Gasteiger partial charge >= 0.3 is 0 Å². The van der Waals surface area contributed by atoms with Crippen LogP contribution in [0.25, 0.3) is 22.3 Å². The van der Waals surface area contributed by atoms with Gasteiger partial charge < -0.3 is 30.2 Å². The monoisotopic (exact) mass is 495 g/mol. The van der Waals surface area contributed by atoms with Gasteiger partial charge in [-0.2, -0.15) is 0 Å². The molecule has 3 aromatic rings. The van der Waals surface area contributed by atoms with Gasteiger partial charge in [0.25, 0.3) is 0 Å². The van der Waals surface area contributed by atoms with Gasteiger partial charge in [-0.1, -0.05) is 17.7 Å². The fourth-order valence-corrected chi connectivity index (χ4v) is 4.91. The molecule has 1 aromatic heterocycles. The van der Waals surface area contributed by atoms with Crippen LogP contribution in [0, 0.1) is 5.82 Å². The van der Waals surface area contributed by atoms with Gasteiger partial charge in [-0.15, -0.1) is 0 Å². The van der Waals surface area contributed by atoms with E-state index in [0.717, 1.165) is 25.2 Å². The lowest BCUT2D eigenvalue weighted by molar-refractivity contribution is 0.0729. The molecule has 182 valence electrons. The molecule has 5 rings (SSSR count). The summed E-state index contributed by atoms with van der Waals surface area (Å²) in [6.45, 7) is 1.77. The summed E-state index contributed by atoms with van der Waals surface area (Å²) in [6.07, 6.45) is 7.04. The molecule has 2 aliphatic heterocycles. The first-order chi connectivity index (χ1) is 16.9. The maximum atomic E-state index is 14.8. The molecule has 7 nitrogen and oxygen atoms in total. The fourth-order valence-electron chi connectivity index (χ4n) is 4.63. The van der Waals surface area contributed by atoms with Crippen LogP contribution >= 0.6 is 11.6 Å². The zero-order valence-corrected chi connectivity index (χ0v) is 20.2. The van der Waals surface area contributed by atoms with Crippen molar-refractivity contribution >= 4 is 23.0 Å². The molecule has 1 unspecified atom stereocenters. The van der Waals surface area contributed by atoms with E-state index in [2.05, 4.69) is 15.2 Å². The summed E-state index contributed by atoms with van der Waals surface area (Å²) in [5.74, 6) is -0.529. The molecule has 0 radical (unpaired) electrons. The van der Waals surface area contributed by atoms with Crippen molar-refractivity contribution in [2.24, 2.45) is 0 Å². The highest BCUT2D eigenvalue weighted by Gasteiger charge is 2.25. The average molecular weight is 496 g/mol. The second kappa shape index (κ2) is 9.37. The highest BCUT2D eigenvalue weighted by Crippen LogP contribution is 2.42. The van der Waals surface area contributed by atoms with Crippen molar-refractivity contribution in [3.05, 3.63) is 72.0 Å². The molecule has 0 amide bonds. The average Bonchev–Trinajstić information content (AvgIpc) is 3.47. The minimum Gasteiger partial charge on any atom is -0.507 e. The Bertz CT molecular complexity index is 1290. The number of rotatable bonds is 5. The first-order valence-electron chi connectivity index (χ1n) is 11.4. The van der Waals surface area contributed by atoms with Gasteiger partial charge in [-0.3, -0.25) is 4.98 Å². The Morgan fingerprint density at radius 2 is 1.86 bits per heavy atom. The molecule has 0 bridgehead atoms. The van der Waals surface area contributed by atoms with Crippen LogP contribution in [-0.4, -0.2) is 59.7 Å². The topological polar surface area (TPSA) is 75.1 Å². The Kier molecular flexibility index (Phi) is 6.27. The molecule has 9 heteroatoms. The van der Waals surface area contributed by atoms with E-state index in [9.17, 15) is 14.6 Å². The number of likely N-dealkylation sites (N-methyl/N-ethyl adjacent to an activating group) is 1. The standard InChI is InChI=1S/C26H27ClFN5O2/c1-29-19-5-6-32(15-19)20-9-17(13-30-14-20)22-12-18(28)11-21(25(22)34)16-3-4-24(23(27)10-16)33-8-7-31(2)26(33)35/h3-4,7-14,19,26,29,34-35H,5-6,15H2,1-2H3/t19-,26?/m0/s1. The van der Waals surface area contributed by atoms with Gasteiger partial charge in [0, 0.05) is 61.5 Å². The van der Waals surface area contributed by atoms with Crippen molar-refractivity contribution < 1.29 is 14.6 Å². The van der Waals surface area contributed by atoms with E-state index >= 15 is 0 Å². The van der Waals surface area contributed by atoms with Crippen LogP contribution < -0.4 is 15.1 Å². The van der Waals surface area contributed by atoms with Gasteiger partial charge in [-0.05, 0) is 49.4 Å². The highest BCUT2D eigenvalue weighted by atomic mass is 35.5. The zero-order chi connectivity index (χ0) is 24.7. The maximum absolute atomic E-state index is 14.8. The molecule has 35 heavy (non-hydrogen) atoms. The lowest BCUT2D eigenvalue weighted by atomic mass is 9.97. The quantitative estimate of drug-likeness (QED) is 0.489. The number of aromatic hydroxyl groups is 1. The van der Waals surface area contributed by atoms with Gasteiger partial charge in [0.2, 0.25) is 6.35 Å². The van der Waals surface area contributed by atoms with Gasteiger partial charge in [0.15, 0.2) is 0 Å². The molecule has 0 aliphatic carbocycles. The summed E-state index contributed by atoms with van der Waals surface area (Å²) in [5, 5.41) is 25.2. The molecule has 0 saturated carbocycles. The molecule has 3 heterocycles. The smallest absolute Gasteiger partial charge is 0.211 e. The SMILES string of the molecule is CN[C@H]1CCN(c2cncc(-c3cc(F)cc(-c4ccc(N5C=CN(C)C5O)c(Cl)c4)c3O)c2)C1. The largest absolute Gasteiger partial charge is 0.507 e. The highest BCUT2D eigenvalue weighted by molar-refractivity contribution is 6.33. The van der Waals surface area contributed by atoms with Crippen LogP contribution in [0.2, 0.25) is 5.02 Å². The number of benzene rings is 2. The third-order valence-corrected chi connectivity index (χ3v) is 6.99. The predicted molar refractivity (Wildman–Crippen MR) is 137 cm³/mol. The number of pyridine rings is 1. The Labute approximate surface area is 208 Å².